The van der Waals surface area contributed by atoms with Gasteiger partial charge in [-0.25, -0.2) is 0 Å². The quantitative estimate of drug-likeness (QED) is 0.0893. The molecule has 1 aliphatic rings. The third kappa shape index (κ3) is 11.8. The monoisotopic (exact) mass is 805 g/mol. The first-order valence-electron chi connectivity index (χ1n) is 18.1. The van der Waals surface area contributed by atoms with Gasteiger partial charge in [0.1, 0.15) is 12.1 Å². The van der Waals surface area contributed by atoms with Crippen LogP contribution >= 0.6 is 7.60 Å². The number of ether oxygens (including phenoxy) is 2. The van der Waals surface area contributed by atoms with E-state index in [9.17, 15) is 28.5 Å². The predicted molar refractivity (Wildman–Crippen MR) is 206 cm³/mol. The van der Waals surface area contributed by atoms with Crippen LogP contribution in [0.25, 0.3) is 6.08 Å². The van der Waals surface area contributed by atoms with Gasteiger partial charge in [-0.2, -0.15) is 8.78 Å². The van der Waals surface area contributed by atoms with Gasteiger partial charge in [-0.05, 0) is 83.6 Å². The molecule has 3 rings (SSSR count). The Morgan fingerprint density at radius 3 is 1.86 bits per heavy atom. The van der Waals surface area contributed by atoms with Crippen molar-refractivity contribution in [1.82, 2.24) is 10.2 Å². The number of alkyl halides is 2. The average Bonchev–Trinajstić information content (AvgIpc) is 3.61. The Labute approximate surface area is 327 Å². The Hall–Kier alpha value is -4.46. The number of hydrogen-bond donors (Lipinski definition) is 1. The molecule has 1 aliphatic heterocycles. The number of para-hydroxylation sites is 1. The molecule has 16 heteroatoms. The smallest absolute Gasteiger partial charge is 0.410 e. The van der Waals surface area contributed by atoms with Gasteiger partial charge in [-0.15, -0.1) is 0 Å². The first-order valence-corrected chi connectivity index (χ1v) is 19.7. The summed E-state index contributed by atoms with van der Waals surface area (Å²) in [4.78, 5) is 68.0. The molecule has 0 bridgehead atoms. The molecule has 1 saturated heterocycles. The minimum Gasteiger partial charge on any atom is -0.438 e. The molecule has 2 aromatic rings. The molecule has 0 unspecified atom stereocenters. The van der Waals surface area contributed by atoms with Crippen LogP contribution in [-0.2, 0) is 52.7 Å². The zero-order valence-electron chi connectivity index (χ0n) is 33.7. The second kappa shape index (κ2) is 18.2. The standard InChI is InChI=1S/C40H54F2N3O10P/c1-37(2,3)32(34(48)45-24-14-17-30(45)33(47)44(10)29-15-12-11-13-16-29)43-31(46)23-20-27-18-21-28(22-19-27)40(41,42)56(51,54-25-52-35(49)38(4,5)6)55-26-53-36(50)39(7,8)9/h11-13,15-16,18-23,30,32H,14,17,24-26H2,1-10H3,(H,43,46)/b23-20+/t30-,32+/m0/s1. The Morgan fingerprint density at radius 1 is 0.857 bits per heavy atom. The van der Waals surface area contributed by atoms with Gasteiger partial charge in [0, 0.05) is 30.9 Å². The van der Waals surface area contributed by atoms with Crippen LogP contribution in [0.1, 0.15) is 86.3 Å². The van der Waals surface area contributed by atoms with Gasteiger partial charge >= 0.3 is 25.2 Å². The molecule has 0 radical (unpaired) electrons. The molecule has 308 valence electrons. The molecule has 2 atom stereocenters. The van der Waals surface area contributed by atoms with Gasteiger partial charge < -0.3 is 24.6 Å². The van der Waals surface area contributed by atoms with E-state index in [1.54, 1.807) is 40.0 Å². The van der Waals surface area contributed by atoms with Crippen molar-refractivity contribution in [2.45, 2.75) is 92.9 Å². The largest absolute Gasteiger partial charge is 0.438 e. The zero-order valence-corrected chi connectivity index (χ0v) is 34.6. The number of halogens is 2. The molecule has 13 nitrogen and oxygen atoms in total. The molecule has 0 saturated carbocycles. The van der Waals surface area contributed by atoms with Crippen LogP contribution in [0.3, 0.4) is 0 Å². The van der Waals surface area contributed by atoms with E-state index in [2.05, 4.69) is 5.32 Å². The van der Waals surface area contributed by atoms with Crippen molar-refractivity contribution >= 4 is 49.0 Å². The van der Waals surface area contributed by atoms with Crippen molar-refractivity contribution < 1.29 is 55.8 Å². The fraction of sp³-hybridized carbons (Fsp3) is 0.525. The highest BCUT2D eigenvalue weighted by Gasteiger charge is 2.56. The maximum atomic E-state index is 15.9. The van der Waals surface area contributed by atoms with E-state index in [1.165, 1.54) is 69.6 Å². The van der Waals surface area contributed by atoms with E-state index in [-0.39, 0.29) is 5.91 Å². The molecule has 2 aromatic carbocycles. The molecular weight excluding hydrogens is 751 g/mol. The van der Waals surface area contributed by atoms with Crippen LogP contribution < -0.4 is 10.2 Å². The summed E-state index contributed by atoms with van der Waals surface area (Å²) in [5, 5.41) is 2.75. The lowest BCUT2D eigenvalue weighted by Gasteiger charge is -2.36. The number of likely N-dealkylation sites (N-methyl/N-ethyl adjacent to an activating group) is 1. The Bertz CT molecular complexity index is 1760. The highest BCUT2D eigenvalue weighted by Crippen LogP contribution is 2.67. The van der Waals surface area contributed by atoms with Crippen LogP contribution in [0, 0.1) is 16.2 Å². The predicted octanol–water partition coefficient (Wildman–Crippen LogP) is 7.25. The highest BCUT2D eigenvalue weighted by atomic mass is 31.2. The number of rotatable bonds is 14. The Kier molecular flexibility index (Phi) is 14.9. The second-order valence-electron chi connectivity index (χ2n) is 16.6. The van der Waals surface area contributed by atoms with Gasteiger partial charge in [0.25, 0.3) is 0 Å². The van der Waals surface area contributed by atoms with Gasteiger partial charge in [-0.1, -0.05) is 63.2 Å². The van der Waals surface area contributed by atoms with E-state index in [4.69, 9.17) is 18.5 Å². The van der Waals surface area contributed by atoms with Gasteiger partial charge in [0.15, 0.2) is 0 Å². The molecule has 1 fully saturated rings. The molecule has 56 heavy (non-hydrogen) atoms. The lowest BCUT2D eigenvalue weighted by Crippen LogP contribution is -2.57. The van der Waals surface area contributed by atoms with Crippen molar-refractivity contribution in [2.75, 3.05) is 32.1 Å². The molecule has 1 heterocycles. The Balaban J connectivity index is 1.76. The van der Waals surface area contributed by atoms with E-state index < -0.39 is 84.5 Å². The Morgan fingerprint density at radius 2 is 1.38 bits per heavy atom. The van der Waals surface area contributed by atoms with Crippen molar-refractivity contribution in [3.05, 3.63) is 71.8 Å². The second-order valence-corrected chi connectivity index (χ2v) is 18.7. The molecule has 0 aliphatic carbocycles. The van der Waals surface area contributed by atoms with Crippen molar-refractivity contribution in [2.24, 2.45) is 16.2 Å². The topological polar surface area (TPSA) is 158 Å². The van der Waals surface area contributed by atoms with E-state index in [0.29, 0.717) is 30.6 Å². The number of nitrogens with one attached hydrogen (secondary N) is 1. The molecule has 3 amide bonds. The van der Waals surface area contributed by atoms with Crippen LogP contribution in [0.2, 0.25) is 0 Å². The SMILES string of the molecule is CN(C(=O)[C@@H]1CCCN1C(=O)[C@@H](NC(=O)/C=C/c1ccc(C(F)(F)P(=O)(OCOC(=O)C(C)(C)C)OCOC(=O)C(C)(C)C)cc1)C(C)(C)C)c1ccccc1. The lowest BCUT2D eigenvalue weighted by atomic mass is 9.85. The molecule has 1 N–H and O–H groups in total. The fourth-order valence-electron chi connectivity index (χ4n) is 5.35. The number of hydrogen-bond acceptors (Lipinski definition) is 10. The summed E-state index contributed by atoms with van der Waals surface area (Å²) in [6.45, 7) is 12.6. The number of carbonyl (C=O) groups excluding carboxylic acids is 5. The van der Waals surface area contributed by atoms with Crippen LogP contribution in [-0.4, -0.2) is 73.8 Å². The third-order valence-electron chi connectivity index (χ3n) is 8.77. The summed E-state index contributed by atoms with van der Waals surface area (Å²) < 4.78 is 64.9. The summed E-state index contributed by atoms with van der Waals surface area (Å²) in [5.74, 6) is -2.91. The van der Waals surface area contributed by atoms with Gasteiger partial charge in [0.2, 0.25) is 31.3 Å². The van der Waals surface area contributed by atoms with Crippen LogP contribution in [0.5, 0.6) is 0 Å². The summed E-state index contributed by atoms with van der Waals surface area (Å²) in [6, 6.07) is 11.7. The minimum absolute atomic E-state index is 0.239. The third-order valence-corrected chi connectivity index (χ3v) is 10.6. The van der Waals surface area contributed by atoms with Crippen molar-refractivity contribution in [1.29, 1.82) is 0 Å². The van der Waals surface area contributed by atoms with Crippen molar-refractivity contribution in [3.8, 4) is 0 Å². The lowest BCUT2D eigenvalue weighted by molar-refractivity contribution is -0.163. The summed E-state index contributed by atoms with van der Waals surface area (Å²) >= 11 is 0. The number of amides is 3. The summed E-state index contributed by atoms with van der Waals surface area (Å²) in [7, 11) is -3.87. The molecule has 0 aromatic heterocycles. The number of benzene rings is 2. The van der Waals surface area contributed by atoms with Gasteiger partial charge in [-0.3, -0.25) is 37.6 Å². The number of nitrogens with zero attached hydrogens (tertiary/aromatic N) is 2. The number of anilines is 1. The number of carbonyl (C=O) groups is 5. The summed E-state index contributed by atoms with van der Waals surface area (Å²) in [6.07, 6.45) is 3.57. The normalized spacial score (nSPS) is 16.0. The maximum Gasteiger partial charge on any atom is 0.410 e. The van der Waals surface area contributed by atoms with Crippen LogP contribution in [0.15, 0.2) is 60.7 Å². The van der Waals surface area contributed by atoms with Crippen LogP contribution in [0.4, 0.5) is 14.5 Å². The first-order chi connectivity index (χ1) is 25.8. The minimum atomic E-state index is -5.52. The van der Waals surface area contributed by atoms with E-state index >= 15 is 8.78 Å². The van der Waals surface area contributed by atoms with Crippen molar-refractivity contribution in [3.63, 3.8) is 0 Å². The molecule has 0 spiro atoms. The highest BCUT2D eigenvalue weighted by molar-refractivity contribution is 7.54. The number of likely N-dealkylation sites (tertiary alicyclic amines) is 1. The maximum absolute atomic E-state index is 15.9. The number of esters is 2. The van der Waals surface area contributed by atoms with E-state index in [1.807, 2.05) is 18.2 Å². The molecular formula is C40H54F2N3O10P. The van der Waals surface area contributed by atoms with E-state index in [0.717, 1.165) is 18.2 Å². The fourth-order valence-corrected chi connectivity index (χ4v) is 6.60. The zero-order chi connectivity index (χ0) is 42.3. The average molecular weight is 806 g/mol. The first kappa shape index (κ1) is 45.9. The van der Waals surface area contributed by atoms with Gasteiger partial charge in [0.05, 0.1) is 10.8 Å². The summed E-state index contributed by atoms with van der Waals surface area (Å²) in [5.41, 5.74) is -6.92.